The lowest BCUT2D eigenvalue weighted by atomic mass is 9.78. The van der Waals surface area contributed by atoms with E-state index in [9.17, 15) is 28.2 Å². The number of hydrogen-bond donors (Lipinski definition) is 5. The molecule has 2 amide bonds. The summed E-state index contributed by atoms with van der Waals surface area (Å²) in [4.78, 5) is 58.2. The molecule has 0 saturated carbocycles. The number of ketones is 1. The number of nitrogens with one attached hydrogen (secondary N) is 2. The predicted octanol–water partition coefficient (Wildman–Crippen LogP) is 3.57. The van der Waals surface area contributed by atoms with Crippen LogP contribution in [0.1, 0.15) is 80.6 Å². The number of benzene rings is 1. The van der Waals surface area contributed by atoms with Crippen LogP contribution >= 0.6 is 12.1 Å². The number of cyclic esters (lactones) is 1. The summed E-state index contributed by atoms with van der Waals surface area (Å²) in [5.41, 5.74) is 11.3. The quantitative estimate of drug-likeness (QED) is 0.0786. The first kappa shape index (κ1) is 55.6. The monoisotopic (exact) mass is 966 g/mol. The van der Waals surface area contributed by atoms with E-state index in [2.05, 4.69) is 27.9 Å². The van der Waals surface area contributed by atoms with Gasteiger partial charge in [0.2, 0.25) is 5.91 Å². The number of likely N-dealkylation sites (N-methyl/N-ethyl adjacent to an activating group) is 1. The van der Waals surface area contributed by atoms with Crippen LogP contribution in [0, 0.1) is 17.8 Å². The third kappa shape index (κ3) is 13.9. The number of fused-ring (bicyclic) bond motifs is 1. The number of carbonyl (C=O) groups excluding carboxylic acids is 4. The van der Waals surface area contributed by atoms with Crippen molar-refractivity contribution in [1.82, 2.24) is 35.4 Å². The van der Waals surface area contributed by atoms with E-state index >= 15 is 0 Å². The van der Waals surface area contributed by atoms with Crippen molar-refractivity contribution in [2.24, 2.45) is 23.5 Å². The molecule has 13 atom stereocenters. The largest absolute Gasteiger partial charge is 0.458 e. The number of nitrogens with two attached hydrogens (primary N) is 2. The van der Waals surface area contributed by atoms with Crippen LogP contribution in [0.25, 0.3) is 11.3 Å². The molecule has 4 heterocycles. The number of methoxy groups -OCH3 is 1. The molecular formula is C46H76FN9O10S. The average molecular weight is 966 g/mol. The first-order valence-electron chi connectivity index (χ1n) is 23.2. The number of ether oxygens (including phenoxy) is 5. The van der Waals surface area contributed by atoms with Gasteiger partial charge < -0.3 is 55.8 Å². The number of carbonyl (C=O) groups is 4. The smallest absolute Gasteiger partial charge is 0.410 e. The van der Waals surface area contributed by atoms with Gasteiger partial charge in [-0.1, -0.05) is 38.1 Å². The van der Waals surface area contributed by atoms with Crippen LogP contribution in [0.3, 0.4) is 0 Å². The first-order chi connectivity index (χ1) is 31.7. The molecule has 0 bridgehead atoms. The number of halogens is 1. The zero-order chi connectivity index (χ0) is 49.8. The number of rotatable bonds is 14. The summed E-state index contributed by atoms with van der Waals surface area (Å²) < 4.78 is 43.7. The van der Waals surface area contributed by atoms with E-state index < -0.39 is 83.7 Å². The lowest BCUT2D eigenvalue weighted by molar-refractivity contribution is -0.296. The third-order valence-electron chi connectivity index (χ3n) is 13.4. The number of aromatic nitrogens is 3. The standard InChI is InChI=1S/C45H73N9O10.CH3FS/c1-11-35-45(7)39(54(43(59)64-45)18-13-12-17-53-25-33(50-51-53)30-15-14-16-31(47)19-30)29(5)48-23-26(2)21-44(6,60-10)40(27(3)37(56)28(4)41(58)62-35)63-42-38(57)34(52(8)9)20-32(61-42)24-49-36(55)22-46;1-3-2/h14-16,19,25-29,32,34-35,38-40,42,48,57H,11-13,17-18,20-24,46-47H2,1-10H3,(H,49,55);1H3/t26-,27+,28-,29-,32?,34?,35-,38?,39-,40-,42+,44-,45-;/m1./s1. The van der Waals surface area contributed by atoms with E-state index in [4.69, 9.17) is 35.2 Å². The second-order valence-corrected chi connectivity index (χ2v) is 19.1. The molecule has 5 rings (SSSR count). The lowest BCUT2D eigenvalue weighted by Gasteiger charge is -2.47. The molecule has 19 nitrogen and oxygen atoms in total. The molecule has 0 aliphatic carbocycles. The maximum Gasteiger partial charge on any atom is 0.410 e. The molecule has 21 heteroatoms. The molecule has 3 fully saturated rings. The van der Waals surface area contributed by atoms with Crippen LogP contribution in [0.15, 0.2) is 30.5 Å². The Labute approximate surface area is 399 Å². The number of Topliss-reactive ketones (excluding diaryl/α,β-unsaturated/α-hetero) is 1. The molecule has 1 aromatic heterocycles. The SMILES string of the molecule is CC[C@H]1OC(=O)[C@H](C)C(=O)[C@H](C)[C@@H](O[C@@H]2OC(CNC(=O)CN)CC(N(C)C)C2O)[C@](C)(OC)C[C@@H](C)CN[C@H](C)[C@H]2N(CCCCn3cc(-c4cccc(N)c4)nn3)C(=O)O[C@]12C.CSF. The Morgan fingerprint density at radius 2 is 1.84 bits per heavy atom. The average Bonchev–Trinajstić information content (AvgIpc) is 3.87. The van der Waals surface area contributed by atoms with Gasteiger partial charge in [0.15, 0.2) is 17.7 Å². The fourth-order valence-corrected chi connectivity index (χ4v) is 9.77. The van der Waals surface area contributed by atoms with E-state index in [-0.39, 0.29) is 43.1 Å². The summed E-state index contributed by atoms with van der Waals surface area (Å²) in [5.74, 6) is -3.84. The van der Waals surface area contributed by atoms with Gasteiger partial charge in [0.1, 0.15) is 23.8 Å². The number of nitrogen functional groups attached to an aromatic ring is 1. The molecule has 3 saturated heterocycles. The minimum Gasteiger partial charge on any atom is -0.458 e. The van der Waals surface area contributed by atoms with Crippen molar-refractivity contribution in [3.8, 4) is 11.3 Å². The van der Waals surface area contributed by atoms with Crippen LogP contribution in [-0.4, -0.2) is 167 Å². The molecule has 7 N–H and O–H groups in total. The summed E-state index contributed by atoms with van der Waals surface area (Å²) in [6.07, 6.45) is 0.353. The van der Waals surface area contributed by atoms with Crippen molar-refractivity contribution >= 4 is 41.6 Å². The Bertz CT molecular complexity index is 1930. The van der Waals surface area contributed by atoms with E-state index in [1.165, 1.54) is 13.2 Å². The molecular weight excluding hydrogens is 890 g/mol. The highest BCUT2D eigenvalue weighted by Gasteiger charge is 2.58. The van der Waals surface area contributed by atoms with Crippen molar-refractivity contribution in [2.45, 2.75) is 147 Å². The number of amides is 2. The summed E-state index contributed by atoms with van der Waals surface area (Å²) in [6.45, 7) is 14.1. The normalized spacial score (nSPS) is 33.1. The highest BCUT2D eigenvalue weighted by Crippen LogP contribution is 2.40. The Kier molecular flexibility index (Phi) is 20.8. The number of aliphatic hydroxyl groups excluding tert-OH is 1. The number of hydrogen-bond acceptors (Lipinski definition) is 17. The summed E-state index contributed by atoms with van der Waals surface area (Å²) in [5, 5.41) is 26.7. The molecule has 2 aromatic rings. The molecule has 3 aliphatic rings. The molecule has 1 aromatic carbocycles. The van der Waals surface area contributed by atoms with Crippen LogP contribution in [0.2, 0.25) is 0 Å². The summed E-state index contributed by atoms with van der Waals surface area (Å²) >= 11 is 0.250. The van der Waals surface area contributed by atoms with Crippen molar-refractivity contribution in [1.29, 1.82) is 0 Å². The van der Waals surface area contributed by atoms with E-state index in [0.717, 1.165) is 5.56 Å². The van der Waals surface area contributed by atoms with E-state index in [1.54, 1.807) is 30.5 Å². The van der Waals surface area contributed by atoms with Gasteiger partial charge in [-0.3, -0.25) is 24.0 Å². The maximum atomic E-state index is 14.5. The van der Waals surface area contributed by atoms with Gasteiger partial charge in [-0.15, -0.1) is 5.10 Å². The van der Waals surface area contributed by atoms with Crippen molar-refractivity contribution in [2.75, 3.05) is 59.4 Å². The minimum atomic E-state index is -1.27. The van der Waals surface area contributed by atoms with Gasteiger partial charge in [-0.25, -0.2) is 4.79 Å². The maximum absolute atomic E-state index is 14.5. The van der Waals surface area contributed by atoms with E-state index in [0.29, 0.717) is 63.1 Å². The molecule has 3 aliphatic heterocycles. The molecule has 67 heavy (non-hydrogen) atoms. The van der Waals surface area contributed by atoms with Gasteiger partial charge >= 0.3 is 12.1 Å². The molecule has 0 radical (unpaired) electrons. The Hall–Kier alpha value is -3.96. The Morgan fingerprint density at radius 3 is 2.46 bits per heavy atom. The van der Waals surface area contributed by atoms with Crippen molar-refractivity contribution in [3.63, 3.8) is 0 Å². The fraction of sp³-hybridized carbons (Fsp3) is 0.739. The van der Waals surface area contributed by atoms with Crippen molar-refractivity contribution < 1.29 is 51.9 Å². The molecule has 0 spiro atoms. The van der Waals surface area contributed by atoms with Gasteiger partial charge in [-0.2, -0.15) is 3.89 Å². The molecule has 378 valence electrons. The second-order valence-electron chi connectivity index (χ2n) is 18.8. The van der Waals surface area contributed by atoms with Gasteiger partial charge in [-0.05, 0) is 98.5 Å². The van der Waals surface area contributed by atoms with Crippen LogP contribution in [-0.2, 0) is 44.6 Å². The third-order valence-corrected chi connectivity index (χ3v) is 13.4. The zero-order valence-corrected chi connectivity index (χ0v) is 41.9. The van der Waals surface area contributed by atoms with Crippen LogP contribution < -0.4 is 22.1 Å². The zero-order valence-electron chi connectivity index (χ0n) is 41.1. The highest BCUT2D eigenvalue weighted by atomic mass is 32.2. The number of esters is 1. The van der Waals surface area contributed by atoms with Crippen LogP contribution in [0.4, 0.5) is 14.4 Å². The van der Waals surface area contributed by atoms with E-state index in [1.807, 2.05) is 70.2 Å². The van der Waals surface area contributed by atoms with Gasteiger partial charge in [0, 0.05) is 74.4 Å². The Morgan fingerprint density at radius 1 is 1.15 bits per heavy atom. The topological polar surface area (TPSA) is 248 Å². The van der Waals surface area contributed by atoms with Crippen LogP contribution in [0.5, 0.6) is 0 Å². The van der Waals surface area contributed by atoms with Crippen molar-refractivity contribution in [3.05, 3.63) is 30.5 Å². The molecule has 3 unspecified atom stereocenters. The minimum absolute atomic E-state index is 0.0771. The van der Waals surface area contributed by atoms with Gasteiger partial charge in [0.05, 0.1) is 36.6 Å². The number of unbranched alkanes of at least 4 members (excludes halogenated alkanes) is 1. The number of aryl methyl sites for hydroxylation is 1. The first-order valence-corrected chi connectivity index (χ1v) is 24.4. The van der Waals surface area contributed by atoms with Gasteiger partial charge in [0.25, 0.3) is 0 Å². The summed E-state index contributed by atoms with van der Waals surface area (Å²) in [7, 11) is 5.22. The number of anilines is 1. The lowest BCUT2D eigenvalue weighted by Crippen LogP contribution is -2.61. The summed E-state index contributed by atoms with van der Waals surface area (Å²) in [6, 6.07) is 6.16. The fourth-order valence-electron chi connectivity index (χ4n) is 9.77. The second kappa shape index (κ2) is 25.1. The highest BCUT2D eigenvalue weighted by molar-refractivity contribution is 7.93. The number of nitrogens with zero attached hydrogens (tertiary/aromatic N) is 5. The predicted molar refractivity (Wildman–Crippen MR) is 253 cm³/mol. The Balaban J connectivity index is 0.00000318. The number of aliphatic hydroxyl groups is 1.